The fourth-order valence-corrected chi connectivity index (χ4v) is 4.47. The van der Waals surface area contributed by atoms with Crippen LogP contribution in [0.25, 0.3) is 0 Å². The summed E-state index contributed by atoms with van der Waals surface area (Å²) in [5.74, 6) is 2.12. The topological polar surface area (TPSA) is 68.0 Å². The zero-order valence-electron chi connectivity index (χ0n) is 11.3. The van der Waals surface area contributed by atoms with E-state index >= 15 is 0 Å². The van der Waals surface area contributed by atoms with Gasteiger partial charge in [-0.15, -0.1) is 10.2 Å². The summed E-state index contributed by atoms with van der Waals surface area (Å²) < 4.78 is 2.19. The molecule has 1 aromatic rings. The number of carbonyl (C=O) groups is 1. The molecule has 1 saturated heterocycles. The van der Waals surface area contributed by atoms with E-state index in [2.05, 4.69) is 14.8 Å². The van der Waals surface area contributed by atoms with Crippen LogP contribution in [-0.4, -0.2) is 42.6 Å². The second kappa shape index (κ2) is 6.39. The number of carboxylic acids is 1. The van der Waals surface area contributed by atoms with E-state index < -0.39 is 5.97 Å². The van der Waals surface area contributed by atoms with Gasteiger partial charge < -0.3 is 9.67 Å². The Hall–Kier alpha value is -0.690. The molecule has 1 N–H and O–H groups in total. The molecule has 1 saturated carbocycles. The van der Waals surface area contributed by atoms with Crippen molar-refractivity contribution in [2.24, 2.45) is 0 Å². The van der Waals surface area contributed by atoms with Crippen LogP contribution in [0.4, 0.5) is 0 Å². The minimum absolute atomic E-state index is 0.0562. The smallest absolute Gasteiger partial charge is 0.313 e. The van der Waals surface area contributed by atoms with Crippen molar-refractivity contribution in [1.29, 1.82) is 0 Å². The molecule has 0 aromatic carbocycles. The van der Waals surface area contributed by atoms with Crippen LogP contribution in [0.3, 0.4) is 0 Å². The van der Waals surface area contributed by atoms with Crippen molar-refractivity contribution in [3.8, 4) is 0 Å². The number of rotatable bonds is 6. The maximum absolute atomic E-state index is 10.7. The second-order valence-corrected chi connectivity index (χ2v) is 7.75. The number of carboxylic acid groups (broad SMARTS) is 1. The van der Waals surface area contributed by atoms with E-state index in [1.807, 2.05) is 11.8 Å². The summed E-state index contributed by atoms with van der Waals surface area (Å²) in [5, 5.41) is 18.8. The summed E-state index contributed by atoms with van der Waals surface area (Å²) in [5.41, 5.74) is 0. The van der Waals surface area contributed by atoms with Crippen LogP contribution in [0.2, 0.25) is 0 Å². The van der Waals surface area contributed by atoms with Crippen LogP contribution >= 0.6 is 23.5 Å². The van der Waals surface area contributed by atoms with Crippen LogP contribution in [0.15, 0.2) is 5.16 Å². The molecule has 2 heterocycles. The van der Waals surface area contributed by atoms with Crippen LogP contribution in [0.5, 0.6) is 0 Å². The first-order chi connectivity index (χ1) is 9.74. The van der Waals surface area contributed by atoms with E-state index in [0.717, 1.165) is 17.5 Å². The third-order valence-electron chi connectivity index (χ3n) is 3.67. The van der Waals surface area contributed by atoms with Crippen molar-refractivity contribution >= 4 is 29.5 Å². The van der Waals surface area contributed by atoms with E-state index in [0.29, 0.717) is 11.2 Å². The van der Waals surface area contributed by atoms with Gasteiger partial charge in [0.25, 0.3) is 0 Å². The first kappa shape index (κ1) is 14.3. The largest absolute Gasteiger partial charge is 0.481 e. The highest BCUT2D eigenvalue weighted by Crippen LogP contribution is 2.40. The molecular weight excluding hydrogens is 294 g/mol. The fourth-order valence-electron chi connectivity index (χ4n) is 2.50. The summed E-state index contributed by atoms with van der Waals surface area (Å²) in [6, 6.07) is 0. The van der Waals surface area contributed by atoms with Crippen molar-refractivity contribution in [2.45, 2.75) is 55.0 Å². The number of aromatic nitrogens is 3. The summed E-state index contributed by atoms with van der Waals surface area (Å²) in [7, 11) is 0. The maximum Gasteiger partial charge on any atom is 0.313 e. The predicted molar refractivity (Wildman–Crippen MR) is 80.5 cm³/mol. The Labute approximate surface area is 126 Å². The van der Waals surface area contributed by atoms with Crippen molar-refractivity contribution < 1.29 is 9.90 Å². The Balaban J connectivity index is 1.73. The maximum atomic E-state index is 10.7. The van der Waals surface area contributed by atoms with Gasteiger partial charge in [-0.2, -0.15) is 11.8 Å². The average molecular weight is 313 g/mol. The van der Waals surface area contributed by atoms with Crippen LogP contribution in [0, 0.1) is 0 Å². The summed E-state index contributed by atoms with van der Waals surface area (Å²) in [6.07, 6.45) is 6.25. The third-order valence-corrected chi connectivity index (χ3v) is 6.00. The summed E-state index contributed by atoms with van der Waals surface area (Å²) in [4.78, 5) is 10.7. The average Bonchev–Trinajstić information content (AvgIpc) is 3.21. The van der Waals surface area contributed by atoms with Crippen molar-refractivity contribution in [3.63, 3.8) is 0 Å². The second-order valence-electron chi connectivity index (χ2n) is 5.40. The quantitative estimate of drug-likeness (QED) is 0.814. The van der Waals surface area contributed by atoms with Gasteiger partial charge in [-0.25, -0.2) is 0 Å². The Bertz CT molecular complexity index is 482. The van der Waals surface area contributed by atoms with Gasteiger partial charge in [0.15, 0.2) is 5.16 Å². The van der Waals surface area contributed by atoms with Gasteiger partial charge in [0.05, 0.1) is 5.75 Å². The van der Waals surface area contributed by atoms with Crippen molar-refractivity contribution in [1.82, 2.24) is 14.8 Å². The molecule has 0 spiro atoms. The lowest BCUT2D eigenvalue weighted by atomic mass is 10.2. The molecule has 0 bridgehead atoms. The Kier molecular flexibility index (Phi) is 4.55. The summed E-state index contributed by atoms with van der Waals surface area (Å²) in [6.45, 7) is 0.936. The number of thioether (sulfide) groups is 2. The first-order valence-corrected chi connectivity index (χ1v) is 9.17. The highest BCUT2D eigenvalue weighted by Gasteiger charge is 2.31. The fraction of sp³-hybridized carbons (Fsp3) is 0.769. The van der Waals surface area contributed by atoms with Gasteiger partial charge in [0.1, 0.15) is 5.82 Å². The lowest BCUT2D eigenvalue weighted by molar-refractivity contribution is -0.133. The Morgan fingerprint density at radius 2 is 2.20 bits per heavy atom. The lowest BCUT2D eigenvalue weighted by Gasteiger charge is -2.22. The number of hydrogen-bond acceptors (Lipinski definition) is 5. The molecule has 0 amide bonds. The molecule has 2 fully saturated rings. The van der Waals surface area contributed by atoms with Gasteiger partial charge >= 0.3 is 5.97 Å². The zero-order valence-corrected chi connectivity index (χ0v) is 13.0. The molecule has 110 valence electrons. The highest BCUT2D eigenvalue weighted by molar-refractivity contribution is 8.00. The molecule has 2 aliphatic rings. The van der Waals surface area contributed by atoms with E-state index in [9.17, 15) is 4.79 Å². The number of aliphatic carboxylic acids is 1. The Morgan fingerprint density at radius 3 is 2.85 bits per heavy atom. The zero-order chi connectivity index (χ0) is 13.9. The van der Waals surface area contributed by atoms with Crippen LogP contribution in [-0.2, 0) is 11.3 Å². The molecular formula is C13H19N3O2S2. The van der Waals surface area contributed by atoms with E-state index in [-0.39, 0.29) is 5.75 Å². The molecule has 1 aromatic heterocycles. The first-order valence-electron chi connectivity index (χ1n) is 7.13. The van der Waals surface area contributed by atoms with Gasteiger partial charge in [0, 0.05) is 17.7 Å². The lowest BCUT2D eigenvalue weighted by Crippen LogP contribution is -2.19. The molecule has 1 aliphatic carbocycles. The van der Waals surface area contributed by atoms with Gasteiger partial charge in [-0.3, -0.25) is 4.79 Å². The van der Waals surface area contributed by atoms with Gasteiger partial charge in [-0.05, 0) is 31.4 Å². The molecule has 3 rings (SSSR count). The van der Waals surface area contributed by atoms with Gasteiger partial charge in [-0.1, -0.05) is 18.2 Å². The third kappa shape index (κ3) is 3.49. The van der Waals surface area contributed by atoms with Crippen LogP contribution < -0.4 is 0 Å². The molecule has 5 nitrogen and oxygen atoms in total. The van der Waals surface area contributed by atoms with Crippen LogP contribution in [0.1, 0.15) is 43.8 Å². The van der Waals surface area contributed by atoms with Crippen molar-refractivity contribution in [3.05, 3.63) is 5.82 Å². The van der Waals surface area contributed by atoms with E-state index in [4.69, 9.17) is 5.11 Å². The van der Waals surface area contributed by atoms with Crippen molar-refractivity contribution in [2.75, 3.05) is 11.5 Å². The molecule has 1 unspecified atom stereocenters. The monoisotopic (exact) mass is 313 g/mol. The molecule has 0 radical (unpaired) electrons. The predicted octanol–water partition coefficient (Wildman–Crippen LogP) is 2.62. The minimum Gasteiger partial charge on any atom is -0.481 e. The SMILES string of the molecule is O=C(O)CSc1nnc(C2CC2)n1CC1CCCCS1. The molecule has 20 heavy (non-hydrogen) atoms. The van der Waals surface area contributed by atoms with E-state index in [1.54, 1.807) is 0 Å². The molecule has 1 atom stereocenters. The van der Waals surface area contributed by atoms with Gasteiger partial charge in [0.2, 0.25) is 0 Å². The number of hydrogen-bond donors (Lipinski definition) is 1. The summed E-state index contributed by atoms with van der Waals surface area (Å²) >= 11 is 3.32. The highest BCUT2D eigenvalue weighted by atomic mass is 32.2. The normalized spacial score (nSPS) is 22.9. The standard InChI is InChI=1S/C13H19N3O2S2/c17-11(18)8-20-13-15-14-12(9-4-5-9)16(13)7-10-3-1-2-6-19-10/h9-10H,1-8H2,(H,17,18). The van der Waals surface area contributed by atoms with E-state index in [1.165, 1.54) is 49.6 Å². The molecule has 7 heteroatoms. The Morgan fingerprint density at radius 1 is 1.35 bits per heavy atom. The minimum atomic E-state index is -0.801. The number of nitrogens with zero attached hydrogens (tertiary/aromatic N) is 3. The molecule has 1 aliphatic heterocycles.